The maximum atomic E-state index is 6.21. The standard InChI is InChI=1S/C14H24N2O2/c1-9-10(2)14(18-4)11(8-13(9)17-3)12(16)6-5-7-15/h8,12H,5-7,15-16H2,1-4H3. The van der Waals surface area contributed by atoms with E-state index in [2.05, 4.69) is 0 Å². The largest absolute Gasteiger partial charge is 0.496 e. The van der Waals surface area contributed by atoms with E-state index in [1.165, 1.54) is 0 Å². The van der Waals surface area contributed by atoms with Crippen molar-refractivity contribution in [3.63, 3.8) is 0 Å². The van der Waals surface area contributed by atoms with Crippen molar-refractivity contribution >= 4 is 0 Å². The second kappa shape index (κ2) is 6.61. The molecule has 1 atom stereocenters. The predicted octanol–water partition coefficient (Wildman–Crippen LogP) is 2.06. The normalized spacial score (nSPS) is 12.3. The molecule has 1 aromatic carbocycles. The Labute approximate surface area is 109 Å². The van der Waals surface area contributed by atoms with Crippen molar-refractivity contribution in [3.05, 3.63) is 22.8 Å². The fourth-order valence-electron chi connectivity index (χ4n) is 2.14. The van der Waals surface area contributed by atoms with Gasteiger partial charge in [-0.1, -0.05) is 0 Å². The molecule has 1 unspecified atom stereocenters. The summed E-state index contributed by atoms with van der Waals surface area (Å²) in [4.78, 5) is 0. The van der Waals surface area contributed by atoms with Gasteiger partial charge in [-0.3, -0.25) is 0 Å². The first kappa shape index (κ1) is 14.8. The molecule has 0 saturated heterocycles. The Kier molecular flexibility index (Phi) is 5.44. The SMILES string of the molecule is COc1cc(C(N)CCCN)c(OC)c(C)c1C. The number of benzene rings is 1. The van der Waals surface area contributed by atoms with Gasteiger partial charge in [0.2, 0.25) is 0 Å². The van der Waals surface area contributed by atoms with Crippen LogP contribution in [0, 0.1) is 13.8 Å². The van der Waals surface area contributed by atoms with Gasteiger partial charge in [0.25, 0.3) is 0 Å². The molecule has 18 heavy (non-hydrogen) atoms. The van der Waals surface area contributed by atoms with Gasteiger partial charge < -0.3 is 20.9 Å². The Bertz CT molecular complexity index is 405. The van der Waals surface area contributed by atoms with E-state index >= 15 is 0 Å². The molecule has 4 nitrogen and oxygen atoms in total. The molecule has 0 fully saturated rings. The molecule has 0 aliphatic heterocycles. The molecule has 4 N–H and O–H groups in total. The fraction of sp³-hybridized carbons (Fsp3) is 0.571. The topological polar surface area (TPSA) is 70.5 Å². The first-order valence-electron chi connectivity index (χ1n) is 6.24. The predicted molar refractivity (Wildman–Crippen MR) is 74.2 cm³/mol. The molecule has 1 rings (SSSR count). The molecule has 0 radical (unpaired) electrons. The van der Waals surface area contributed by atoms with Gasteiger partial charge in [0.05, 0.1) is 14.2 Å². The zero-order valence-corrected chi connectivity index (χ0v) is 11.7. The molecule has 4 heteroatoms. The number of methoxy groups -OCH3 is 2. The van der Waals surface area contributed by atoms with Crippen LogP contribution in [0.3, 0.4) is 0 Å². The minimum atomic E-state index is -0.0725. The van der Waals surface area contributed by atoms with E-state index in [4.69, 9.17) is 20.9 Å². The summed E-state index contributed by atoms with van der Waals surface area (Å²) in [6, 6.07) is 1.90. The van der Waals surface area contributed by atoms with Gasteiger partial charge in [0.1, 0.15) is 11.5 Å². The van der Waals surface area contributed by atoms with Crippen LogP contribution in [0.5, 0.6) is 11.5 Å². The van der Waals surface area contributed by atoms with Crippen LogP contribution in [-0.2, 0) is 0 Å². The van der Waals surface area contributed by atoms with Crippen LogP contribution in [0.4, 0.5) is 0 Å². The second-order valence-electron chi connectivity index (χ2n) is 4.49. The average molecular weight is 252 g/mol. The molecule has 102 valence electrons. The fourth-order valence-corrected chi connectivity index (χ4v) is 2.14. The number of rotatable bonds is 6. The Morgan fingerprint density at radius 3 is 2.33 bits per heavy atom. The average Bonchev–Trinajstić information content (AvgIpc) is 2.38. The van der Waals surface area contributed by atoms with Crippen LogP contribution < -0.4 is 20.9 Å². The maximum absolute atomic E-state index is 6.21. The molecular weight excluding hydrogens is 228 g/mol. The highest BCUT2D eigenvalue weighted by Crippen LogP contribution is 2.36. The third kappa shape index (κ3) is 2.94. The van der Waals surface area contributed by atoms with Crippen LogP contribution in [0.25, 0.3) is 0 Å². The molecule has 0 heterocycles. The van der Waals surface area contributed by atoms with Gasteiger partial charge in [-0.15, -0.1) is 0 Å². The molecule has 0 aliphatic rings. The minimum absolute atomic E-state index is 0.0725. The Morgan fingerprint density at radius 2 is 1.83 bits per heavy atom. The van der Waals surface area contributed by atoms with E-state index in [0.29, 0.717) is 6.54 Å². The Balaban J connectivity index is 3.20. The zero-order valence-electron chi connectivity index (χ0n) is 11.7. The lowest BCUT2D eigenvalue weighted by atomic mass is 9.96. The molecule has 0 spiro atoms. The van der Waals surface area contributed by atoms with Gasteiger partial charge in [-0.2, -0.15) is 0 Å². The van der Waals surface area contributed by atoms with Crippen molar-refractivity contribution in [2.45, 2.75) is 32.7 Å². The van der Waals surface area contributed by atoms with Crippen LogP contribution in [0.15, 0.2) is 6.07 Å². The van der Waals surface area contributed by atoms with Crippen molar-refractivity contribution in [1.29, 1.82) is 0 Å². The molecule has 0 saturated carbocycles. The first-order chi connectivity index (χ1) is 8.56. The van der Waals surface area contributed by atoms with E-state index in [1.54, 1.807) is 14.2 Å². The number of hydrogen-bond acceptors (Lipinski definition) is 4. The molecule has 0 amide bonds. The second-order valence-corrected chi connectivity index (χ2v) is 4.49. The van der Waals surface area contributed by atoms with Crippen LogP contribution in [0.2, 0.25) is 0 Å². The van der Waals surface area contributed by atoms with Crippen LogP contribution in [-0.4, -0.2) is 20.8 Å². The lowest BCUT2D eigenvalue weighted by Gasteiger charge is -2.20. The lowest BCUT2D eigenvalue weighted by molar-refractivity contribution is 0.388. The molecule has 0 aromatic heterocycles. The highest BCUT2D eigenvalue weighted by atomic mass is 16.5. The highest BCUT2D eigenvalue weighted by Gasteiger charge is 2.18. The van der Waals surface area contributed by atoms with Gasteiger partial charge in [0, 0.05) is 11.6 Å². The lowest BCUT2D eigenvalue weighted by Crippen LogP contribution is -2.14. The van der Waals surface area contributed by atoms with Gasteiger partial charge >= 0.3 is 0 Å². The molecule has 0 aliphatic carbocycles. The number of hydrogen-bond donors (Lipinski definition) is 2. The van der Waals surface area contributed by atoms with Crippen LogP contribution in [0.1, 0.15) is 35.6 Å². The monoisotopic (exact) mass is 252 g/mol. The van der Waals surface area contributed by atoms with Crippen molar-refractivity contribution in [2.24, 2.45) is 11.5 Å². The van der Waals surface area contributed by atoms with Gasteiger partial charge in [-0.25, -0.2) is 0 Å². The Hall–Kier alpha value is -1.26. The summed E-state index contributed by atoms with van der Waals surface area (Å²) in [7, 11) is 3.34. The van der Waals surface area contributed by atoms with Crippen molar-refractivity contribution in [1.82, 2.24) is 0 Å². The van der Waals surface area contributed by atoms with E-state index < -0.39 is 0 Å². The first-order valence-corrected chi connectivity index (χ1v) is 6.24. The summed E-state index contributed by atoms with van der Waals surface area (Å²) in [6.45, 7) is 4.69. The van der Waals surface area contributed by atoms with E-state index in [0.717, 1.165) is 41.0 Å². The zero-order chi connectivity index (χ0) is 13.7. The quantitative estimate of drug-likeness (QED) is 0.813. The summed E-state index contributed by atoms with van der Waals surface area (Å²) < 4.78 is 10.9. The van der Waals surface area contributed by atoms with E-state index in [-0.39, 0.29) is 6.04 Å². The summed E-state index contributed by atoms with van der Waals surface area (Å²) in [6.07, 6.45) is 1.75. The van der Waals surface area contributed by atoms with Gasteiger partial charge in [0.15, 0.2) is 0 Å². The summed E-state index contributed by atoms with van der Waals surface area (Å²) >= 11 is 0. The summed E-state index contributed by atoms with van der Waals surface area (Å²) in [5, 5.41) is 0. The van der Waals surface area contributed by atoms with E-state index in [9.17, 15) is 0 Å². The molecular formula is C14H24N2O2. The summed E-state index contributed by atoms with van der Waals surface area (Å²) in [5.41, 5.74) is 14.9. The van der Waals surface area contributed by atoms with Crippen molar-refractivity contribution < 1.29 is 9.47 Å². The van der Waals surface area contributed by atoms with Crippen LogP contribution >= 0.6 is 0 Å². The molecule has 0 bridgehead atoms. The Morgan fingerprint density at radius 1 is 1.17 bits per heavy atom. The smallest absolute Gasteiger partial charge is 0.127 e. The number of nitrogens with two attached hydrogens (primary N) is 2. The minimum Gasteiger partial charge on any atom is -0.496 e. The van der Waals surface area contributed by atoms with Crippen molar-refractivity contribution in [2.75, 3.05) is 20.8 Å². The molecule has 1 aromatic rings. The van der Waals surface area contributed by atoms with Gasteiger partial charge in [-0.05, 0) is 50.4 Å². The third-order valence-corrected chi connectivity index (χ3v) is 3.36. The van der Waals surface area contributed by atoms with Crippen molar-refractivity contribution in [3.8, 4) is 11.5 Å². The van der Waals surface area contributed by atoms with E-state index in [1.807, 2.05) is 19.9 Å². The number of ether oxygens (including phenoxy) is 2. The highest BCUT2D eigenvalue weighted by molar-refractivity contribution is 5.53. The third-order valence-electron chi connectivity index (χ3n) is 3.36. The summed E-state index contributed by atoms with van der Waals surface area (Å²) in [5.74, 6) is 1.71. The maximum Gasteiger partial charge on any atom is 0.127 e.